The molecule has 6 heteroatoms. The Morgan fingerprint density at radius 1 is 1.33 bits per heavy atom. The Morgan fingerprint density at radius 2 is 2.12 bits per heavy atom. The van der Waals surface area contributed by atoms with Crippen molar-refractivity contribution < 1.29 is 19.1 Å². The van der Waals surface area contributed by atoms with Crippen LogP contribution < -0.4 is 15.4 Å². The molecule has 0 aliphatic carbocycles. The van der Waals surface area contributed by atoms with Gasteiger partial charge in [-0.2, -0.15) is 0 Å². The standard InChI is InChI=1S/C18H26N2O4/c1-18(2,3)17(22)20-13-6-4-7-14(10-13)24-12-16(21)19-11-15-8-5-9-23-15/h4,6-7,10,15H,5,8-9,11-12H2,1-3H3,(H,19,21)(H,20,22). The average molecular weight is 334 g/mol. The predicted octanol–water partition coefficient (Wildman–Crippen LogP) is 2.35. The number of hydrogen-bond donors (Lipinski definition) is 2. The fraction of sp³-hybridized carbons (Fsp3) is 0.556. The molecule has 0 aromatic heterocycles. The summed E-state index contributed by atoms with van der Waals surface area (Å²) in [5, 5.41) is 5.64. The summed E-state index contributed by atoms with van der Waals surface area (Å²) in [7, 11) is 0. The summed E-state index contributed by atoms with van der Waals surface area (Å²) < 4.78 is 10.9. The second kappa shape index (κ2) is 8.15. The molecule has 1 aliphatic rings. The minimum Gasteiger partial charge on any atom is -0.484 e. The Labute approximate surface area is 142 Å². The van der Waals surface area contributed by atoms with E-state index < -0.39 is 5.41 Å². The molecule has 132 valence electrons. The van der Waals surface area contributed by atoms with Gasteiger partial charge in [-0.05, 0) is 25.0 Å². The summed E-state index contributed by atoms with van der Waals surface area (Å²) in [5.74, 6) is 0.276. The van der Waals surface area contributed by atoms with Crippen molar-refractivity contribution in [2.75, 3.05) is 25.1 Å². The normalized spacial score (nSPS) is 17.4. The zero-order chi connectivity index (χ0) is 17.6. The molecule has 1 aromatic carbocycles. The molecule has 2 amide bonds. The highest BCUT2D eigenvalue weighted by atomic mass is 16.5. The minimum atomic E-state index is -0.473. The third kappa shape index (κ3) is 5.85. The first-order chi connectivity index (χ1) is 11.3. The van der Waals surface area contributed by atoms with Crippen LogP contribution >= 0.6 is 0 Å². The lowest BCUT2D eigenvalue weighted by Gasteiger charge is -2.18. The van der Waals surface area contributed by atoms with E-state index >= 15 is 0 Å². The SMILES string of the molecule is CC(C)(C)C(=O)Nc1cccc(OCC(=O)NCC2CCCO2)c1. The Balaban J connectivity index is 1.78. The van der Waals surface area contributed by atoms with Crippen LogP contribution in [0, 0.1) is 5.41 Å². The van der Waals surface area contributed by atoms with Gasteiger partial charge in [0, 0.05) is 30.3 Å². The average Bonchev–Trinajstić information content (AvgIpc) is 3.04. The molecule has 1 atom stereocenters. The second-order valence-electron chi connectivity index (χ2n) is 6.96. The Bertz CT molecular complexity index is 575. The van der Waals surface area contributed by atoms with Gasteiger partial charge in [-0.1, -0.05) is 26.8 Å². The molecule has 1 saturated heterocycles. The molecule has 0 bridgehead atoms. The van der Waals surface area contributed by atoms with Gasteiger partial charge in [-0.3, -0.25) is 9.59 Å². The Morgan fingerprint density at radius 3 is 2.79 bits per heavy atom. The molecule has 2 N–H and O–H groups in total. The van der Waals surface area contributed by atoms with Crippen molar-refractivity contribution in [2.45, 2.75) is 39.7 Å². The van der Waals surface area contributed by atoms with Gasteiger partial charge >= 0.3 is 0 Å². The molecule has 1 aliphatic heterocycles. The first-order valence-electron chi connectivity index (χ1n) is 8.27. The van der Waals surface area contributed by atoms with E-state index in [9.17, 15) is 9.59 Å². The lowest BCUT2D eigenvalue weighted by atomic mass is 9.95. The van der Waals surface area contributed by atoms with Crippen LogP contribution in [0.4, 0.5) is 5.69 Å². The maximum Gasteiger partial charge on any atom is 0.258 e. The third-order valence-electron chi connectivity index (χ3n) is 3.69. The quantitative estimate of drug-likeness (QED) is 0.837. The summed E-state index contributed by atoms with van der Waals surface area (Å²) in [6, 6.07) is 7.02. The van der Waals surface area contributed by atoms with Gasteiger partial charge < -0.3 is 20.1 Å². The van der Waals surface area contributed by atoms with Crippen LogP contribution in [0.3, 0.4) is 0 Å². The van der Waals surface area contributed by atoms with E-state index in [2.05, 4.69) is 10.6 Å². The van der Waals surface area contributed by atoms with Crippen LogP contribution in [0.15, 0.2) is 24.3 Å². The van der Waals surface area contributed by atoms with Crippen molar-refractivity contribution in [3.63, 3.8) is 0 Å². The molecule has 0 radical (unpaired) electrons. The van der Waals surface area contributed by atoms with Crippen molar-refractivity contribution in [3.8, 4) is 5.75 Å². The number of nitrogens with one attached hydrogen (secondary N) is 2. The molecular weight excluding hydrogens is 308 g/mol. The molecule has 1 fully saturated rings. The molecule has 1 unspecified atom stereocenters. The van der Waals surface area contributed by atoms with E-state index in [1.165, 1.54) is 0 Å². The predicted molar refractivity (Wildman–Crippen MR) is 92.0 cm³/mol. The first kappa shape index (κ1) is 18.3. The van der Waals surface area contributed by atoms with Crippen molar-refractivity contribution in [2.24, 2.45) is 5.41 Å². The molecule has 6 nitrogen and oxygen atoms in total. The highest BCUT2D eigenvalue weighted by Gasteiger charge is 2.21. The second-order valence-corrected chi connectivity index (χ2v) is 6.96. The van der Waals surface area contributed by atoms with E-state index in [0.717, 1.165) is 19.4 Å². The fourth-order valence-electron chi connectivity index (χ4n) is 2.22. The van der Waals surface area contributed by atoms with Crippen LogP contribution in [0.2, 0.25) is 0 Å². The van der Waals surface area contributed by atoms with Crippen LogP contribution in [-0.2, 0) is 14.3 Å². The number of benzene rings is 1. The number of amides is 2. The summed E-state index contributed by atoms with van der Waals surface area (Å²) in [4.78, 5) is 23.8. The lowest BCUT2D eigenvalue weighted by Crippen LogP contribution is -2.35. The van der Waals surface area contributed by atoms with Gasteiger partial charge in [0.15, 0.2) is 6.61 Å². The minimum absolute atomic E-state index is 0.0661. The number of rotatable bonds is 6. The maximum absolute atomic E-state index is 12.0. The highest BCUT2D eigenvalue weighted by molar-refractivity contribution is 5.94. The van der Waals surface area contributed by atoms with E-state index in [-0.39, 0.29) is 24.5 Å². The topological polar surface area (TPSA) is 76.7 Å². The maximum atomic E-state index is 12.0. The van der Waals surface area contributed by atoms with Crippen molar-refractivity contribution in [1.82, 2.24) is 5.32 Å². The van der Waals surface area contributed by atoms with Crippen molar-refractivity contribution in [1.29, 1.82) is 0 Å². The zero-order valence-corrected chi connectivity index (χ0v) is 14.6. The van der Waals surface area contributed by atoms with Gasteiger partial charge in [0.2, 0.25) is 5.91 Å². The number of anilines is 1. The fourth-order valence-corrected chi connectivity index (χ4v) is 2.22. The molecule has 2 rings (SSSR count). The van der Waals surface area contributed by atoms with E-state index in [4.69, 9.17) is 9.47 Å². The number of ether oxygens (including phenoxy) is 2. The molecule has 0 saturated carbocycles. The Hall–Kier alpha value is -2.08. The van der Waals surface area contributed by atoms with Gasteiger partial charge in [-0.25, -0.2) is 0 Å². The van der Waals surface area contributed by atoms with E-state index in [1.807, 2.05) is 20.8 Å². The summed E-state index contributed by atoms with van der Waals surface area (Å²) in [5.41, 5.74) is 0.172. The molecule has 0 spiro atoms. The van der Waals surface area contributed by atoms with Gasteiger partial charge in [0.05, 0.1) is 6.10 Å². The van der Waals surface area contributed by atoms with Crippen LogP contribution in [-0.4, -0.2) is 37.7 Å². The Kier molecular flexibility index (Phi) is 6.20. The van der Waals surface area contributed by atoms with Crippen molar-refractivity contribution in [3.05, 3.63) is 24.3 Å². The van der Waals surface area contributed by atoms with Gasteiger partial charge in [-0.15, -0.1) is 0 Å². The number of carbonyl (C=O) groups is 2. The summed E-state index contributed by atoms with van der Waals surface area (Å²) >= 11 is 0. The molecule has 1 aromatic rings. The zero-order valence-electron chi connectivity index (χ0n) is 14.6. The number of hydrogen-bond acceptors (Lipinski definition) is 4. The first-order valence-corrected chi connectivity index (χ1v) is 8.27. The largest absolute Gasteiger partial charge is 0.484 e. The molecule has 24 heavy (non-hydrogen) atoms. The highest BCUT2D eigenvalue weighted by Crippen LogP contribution is 2.21. The van der Waals surface area contributed by atoms with Crippen LogP contribution in [0.25, 0.3) is 0 Å². The van der Waals surface area contributed by atoms with E-state index in [1.54, 1.807) is 24.3 Å². The lowest BCUT2D eigenvalue weighted by molar-refractivity contribution is -0.124. The monoisotopic (exact) mass is 334 g/mol. The smallest absolute Gasteiger partial charge is 0.258 e. The number of carbonyl (C=O) groups excluding carboxylic acids is 2. The van der Waals surface area contributed by atoms with Gasteiger partial charge in [0.25, 0.3) is 5.91 Å². The van der Waals surface area contributed by atoms with Crippen LogP contribution in [0.5, 0.6) is 5.75 Å². The summed E-state index contributed by atoms with van der Waals surface area (Å²) in [6.07, 6.45) is 2.14. The van der Waals surface area contributed by atoms with Crippen LogP contribution in [0.1, 0.15) is 33.6 Å². The van der Waals surface area contributed by atoms with E-state index in [0.29, 0.717) is 18.0 Å². The molecule has 1 heterocycles. The third-order valence-corrected chi connectivity index (χ3v) is 3.69. The van der Waals surface area contributed by atoms with Gasteiger partial charge in [0.1, 0.15) is 5.75 Å². The summed E-state index contributed by atoms with van der Waals surface area (Å²) in [6.45, 7) is 6.76. The van der Waals surface area contributed by atoms with Crippen molar-refractivity contribution >= 4 is 17.5 Å². The molecular formula is C18H26N2O4.